The number of likely N-dealkylation sites (tertiary alicyclic amines) is 1. The molecule has 134 valence electrons. The molecular formula is C18H30N4OS. The van der Waals surface area contributed by atoms with Crippen LogP contribution in [0, 0.1) is 0 Å². The number of ether oxygens (including phenoxy) is 1. The minimum absolute atomic E-state index is 0.294. The molecule has 5 nitrogen and oxygen atoms in total. The Bertz CT molecular complexity index is 517. The van der Waals surface area contributed by atoms with Gasteiger partial charge in [-0.25, -0.2) is 0 Å². The van der Waals surface area contributed by atoms with Crippen molar-refractivity contribution in [3.05, 3.63) is 29.8 Å². The number of guanidine groups is 1. The van der Waals surface area contributed by atoms with Gasteiger partial charge < -0.3 is 15.4 Å². The molecule has 1 aliphatic heterocycles. The summed E-state index contributed by atoms with van der Waals surface area (Å²) in [5, 5.41) is 6.85. The molecule has 0 bridgehead atoms. The predicted octanol–water partition coefficient (Wildman–Crippen LogP) is 2.36. The van der Waals surface area contributed by atoms with Crippen LogP contribution in [0.5, 0.6) is 5.75 Å². The molecule has 0 amide bonds. The molecule has 6 heteroatoms. The number of hydrogen-bond acceptors (Lipinski definition) is 4. The van der Waals surface area contributed by atoms with Gasteiger partial charge >= 0.3 is 0 Å². The monoisotopic (exact) mass is 350 g/mol. The largest absolute Gasteiger partial charge is 0.496 e. The number of aliphatic imine (C=N–C) groups is 1. The summed E-state index contributed by atoms with van der Waals surface area (Å²) in [6.45, 7) is 4.02. The van der Waals surface area contributed by atoms with E-state index < -0.39 is 0 Å². The predicted molar refractivity (Wildman–Crippen MR) is 104 cm³/mol. The number of hydrogen-bond donors (Lipinski definition) is 2. The Kier molecular flexibility index (Phi) is 8.25. The van der Waals surface area contributed by atoms with Crippen molar-refractivity contribution in [2.24, 2.45) is 4.99 Å². The van der Waals surface area contributed by atoms with Gasteiger partial charge in [-0.3, -0.25) is 9.89 Å². The Balaban J connectivity index is 2.06. The van der Waals surface area contributed by atoms with Gasteiger partial charge in [-0.2, -0.15) is 11.8 Å². The second-order valence-corrected chi connectivity index (χ2v) is 6.86. The van der Waals surface area contributed by atoms with Crippen LogP contribution in [-0.4, -0.2) is 63.2 Å². The Morgan fingerprint density at radius 1 is 1.29 bits per heavy atom. The highest BCUT2D eigenvalue weighted by Gasteiger charge is 2.25. The molecule has 24 heavy (non-hydrogen) atoms. The molecule has 1 heterocycles. The summed E-state index contributed by atoms with van der Waals surface area (Å²) < 4.78 is 5.60. The van der Waals surface area contributed by atoms with Crippen LogP contribution < -0.4 is 15.4 Å². The highest BCUT2D eigenvalue weighted by molar-refractivity contribution is 7.98. The summed E-state index contributed by atoms with van der Waals surface area (Å²) in [4.78, 5) is 6.87. The van der Waals surface area contributed by atoms with E-state index in [0.29, 0.717) is 6.04 Å². The molecule has 1 aromatic carbocycles. The Morgan fingerprint density at radius 2 is 2.04 bits per heavy atom. The van der Waals surface area contributed by atoms with Gasteiger partial charge in [-0.05, 0) is 38.3 Å². The molecule has 0 aliphatic carbocycles. The van der Waals surface area contributed by atoms with E-state index in [1.54, 1.807) is 7.11 Å². The Labute approximate surface area is 150 Å². The standard InChI is InChI=1S/C18H30N4OS/c1-19-18(20-10-13-24-3)21-14-16(22-11-6-7-12-22)15-8-4-5-9-17(15)23-2/h4-5,8-9,16H,6-7,10-14H2,1-3H3,(H2,19,20,21). The van der Waals surface area contributed by atoms with Crippen LogP contribution in [-0.2, 0) is 0 Å². The first-order chi connectivity index (χ1) is 11.8. The van der Waals surface area contributed by atoms with E-state index >= 15 is 0 Å². The summed E-state index contributed by atoms with van der Waals surface area (Å²) in [6, 6.07) is 8.63. The van der Waals surface area contributed by atoms with Gasteiger partial charge in [0.25, 0.3) is 0 Å². The molecule has 1 unspecified atom stereocenters. The van der Waals surface area contributed by atoms with Crippen LogP contribution in [0.2, 0.25) is 0 Å². The minimum atomic E-state index is 0.294. The first-order valence-corrected chi connectivity index (χ1v) is 10.00. The number of nitrogens with zero attached hydrogens (tertiary/aromatic N) is 2. The molecule has 0 saturated carbocycles. The smallest absolute Gasteiger partial charge is 0.191 e. The molecular weight excluding hydrogens is 320 g/mol. The molecule has 1 aromatic rings. The lowest BCUT2D eigenvalue weighted by molar-refractivity contribution is 0.239. The maximum absolute atomic E-state index is 5.60. The third-order valence-electron chi connectivity index (χ3n) is 4.36. The Hall–Kier alpha value is -1.40. The molecule has 1 atom stereocenters. The van der Waals surface area contributed by atoms with E-state index in [4.69, 9.17) is 4.74 Å². The van der Waals surface area contributed by atoms with E-state index in [0.717, 1.165) is 43.6 Å². The zero-order valence-electron chi connectivity index (χ0n) is 15.0. The maximum Gasteiger partial charge on any atom is 0.191 e. The lowest BCUT2D eigenvalue weighted by atomic mass is 10.0. The van der Waals surface area contributed by atoms with Gasteiger partial charge in [0.15, 0.2) is 5.96 Å². The van der Waals surface area contributed by atoms with Gasteiger partial charge in [-0.15, -0.1) is 0 Å². The number of methoxy groups -OCH3 is 1. The van der Waals surface area contributed by atoms with Gasteiger partial charge in [0, 0.05) is 31.5 Å². The van der Waals surface area contributed by atoms with Crippen molar-refractivity contribution in [1.29, 1.82) is 0 Å². The van der Waals surface area contributed by atoms with Crippen LogP contribution in [0.15, 0.2) is 29.3 Å². The van der Waals surface area contributed by atoms with Gasteiger partial charge in [0.2, 0.25) is 0 Å². The molecule has 1 saturated heterocycles. The third kappa shape index (κ3) is 5.31. The van der Waals surface area contributed by atoms with E-state index in [1.165, 1.54) is 18.4 Å². The fourth-order valence-electron chi connectivity index (χ4n) is 3.12. The molecule has 1 fully saturated rings. The van der Waals surface area contributed by atoms with E-state index in [-0.39, 0.29) is 0 Å². The summed E-state index contributed by atoms with van der Waals surface area (Å²) in [5.74, 6) is 2.90. The first kappa shape index (κ1) is 18.9. The average Bonchev–Trinajstić information content (AvgIpc) is 3.15. The summed E-state index contributed by atoms with van der Waals surface area (Å²) in [7, 11) is 3.57. The second-order valence-electron chi connectivity index (χ2n) is 5.87. The summed E-state index contributed by atoms with van der Waals surface area (Å²) in [5.41, 5.74) is 1.24. The lowest BCUT2D eigenvalue weighted by Crippen LogP contribution is -2.43. The van der Waals surface area contributed by atoms with Gasteiger partial charge in [0.05, 0.1) is 13.2 Å². The van der Waals surface area contributed by atoms with Gasteiger partial charge in [-0.1, -0.05) is 18.2 Å². The number of para-hydroxylation sites is 1. The summed E-state index contributed by atoms with van der Waals surface area (Å²) in [6.07, 6.45) is 4.65. The van der Waals surface area contributed by atoms with E-state index in [9.17, 15) is 0 Å². The highest BCUT2D eigenvalue weighted by Crippen LogP contribution is 2.31. The number of benzene rings is 1. The van der Waals surface area contributed by atoms with E-state index in [1.807, 2.05) is 30.9 Å². The average molecular weight is 351 g/mol. The second kappa shape index (κ2) is 10.5. The normalized spacial score (nSPS) is 16.9. The van der Waals surface area contributed by atoms with Crippen LogP contribution in [0.1, 0.15) is 24.4 Å². The zero-order chi connectivity index (χ0) is 17.2. The molecule has 1 aliphatic rings. The summed E-state index contributed by atoms with van der Waals surface area (Å²) >= 11 is 1.83. The van der Waals surface area contributed by atoms with Crippen molar-refractivity contribution < 1.29 is 4.74 Å². The number of thioether (sulfide) groups is 1. The van der Waals surface area contributed by atoms with Crippen molar-refractivity contribution in [1.82, 2.24) is 15.5 Å². The molecule has 0 radical (unpaired) electrons. The van der Waals surface area contributed by atoms with Crippen molar-refractivity contribution >= 4 is 17.7 Å². The van der Waals surface area contributed by atoms with Crippen LogP contribution in [0.4, 0.5) is 0 Å². The van der Waals surface area contributed by atoms with Crippen molar-refractivity contribution in [3.63, 3.8) is 0 Å². The Morgan fingerprint density at radius 3 is 2.71 bits per heavy atom. The molecule has 0 spiro atoms. The molecule has 2 N–H and O–H groups in total. The van der Waals surface area contributed by atoms with Crippen molar-refractivity contribution in [2.45, 2.75) is 18.9 Å². The quantitative estimate of drug-likeness (QED) is 0.428. The maximum atomic E-state index is 5.60. The fraction of sp³-hybridized carbons (Fsp3) is 0.611. The first-order valence-electron chi connectivity index (χ1n) is 8.60. The van der Waals surface area contributed by atoms with Crippen molar-refractivity contribution in [3.8, 4) is 5.75 Å². The molecule has 2 rings (SSSR count). The van der Waals surface area contributed by atoms with Crippen molar-refractivity contribution in [2.75, 3.05) is 52.3 Å². The van der Waals surface area contributed by atoms with Crippen LogP contribution in [0.25, 0.3) is 0 Å². The minimum Gasteiger partial charge on any atom is -0.496 e. The topological polar surface area (TPSA) is 48.9 Å². The fourth-order valence-corrected chi connectivity index (χ4v) is 3.42. The van der Waals surface area contributed by atoms with Crippen LogP contribution >= 0.6 is 11.8 Å². The number of rotatable bonds is 8. The SMILES string of the molecule is CN=C(NCCSC)NCC(c1ccccc1OC)N1CCCC1. The third-order valence-corrected chi connectivity index (χ3v) is 4.98. The number of nitrogens with one attached hydrogen (secondary N) is 2. The van der Waals surface area contributed by atoms with Crippen LogP contribution in [0.3, 0.4) is 0 Å². The van der Waals surface area contributed by atoms with E-state index in [2.05, 4.69) is 38.9 Å². The van der Waals surface area contributed by atoms with Gasteiger partial charge in [0.1, 0.15) is 5.75 Å². The highest BCUT2D eigenvalue weighted by atomic mass is 32.2. The lowest BCUT2D eigenvalue weighted by Gasteiger charge is -2.30. The zero-order valence-corrected chi connectivity index (χ0v) is 15.9. The molecule has 0 aromatic heterocycles.